The molecule has 0 aliphatic carbocycles. The molecule has 0 aromatic carbocycles. The minimum absolute atomic E-state index is 0.286. The quantitative estimate of drug-likeness (QED) is 0.661. The highest BCUT2D eigenvalue weighted by atomic mass is 28.4. The van der Waals surface area contributed by atoms with Gasteiger partial charge in [-0.25, -0.2) is 0 Å². The molecule has 8 heteroatoms. The maximum absolute atomic E-state index is 5.88. The SMILES string of the molecule is CO[Si](OC)(OCC=CB1OC(C)(C)C(C)(C)O1)OC(C)(C)C. The fraction of sp³-hybridized carbons (Fsp3) is 0.867. The average molecular weight is 346 g/mol. The predicted octanol–water partition coefficient (Wildman–Crippen LogP) is 2.73. The van der Waals surface area contributed by atoms with Crippen molar-refractivity contribution < 1.29 is 27.0 Å². The molecule has 0 atom stereocenters. The van der Waals surface area contributed by atoms with E-state index in [1.54, 1.807) is 0 Å². The molecule has 1 rings (SSSR count). The van der Waals surface area contributed by atoms with Crippen LogP contribution in [-0.4, -0.2) is 53.8 Å². The van der Waals surface area contributed by atoms with Crippen LogP contribution in [0.2, 0.25) is 0 Å². The molecule has 0 bridgehead atoms. The normalized spacial score (nSPS) is 21.3. The van der Waals surface area contributed by atoms with E-state index in [0.29, 0.717) is 0 Å². The molecular weight excluding hydrogens is 315 g/mol. The van der Waals surface area contributed by atoms with Gasteiger partial charge in [-0.2, -0.15) is 0 Å². The summed E-state index contributed by atoms with van der Waals surface area (Å²) in [5, 5.41) is 0. The Kier molecular flexibility index (Phi) is 6.65. The molecule has 0 aromatic rings. The minimum atomic E-state index is -3.15. The van der Waals surface area contributed by atoms with Gasteiger partial charge < -0.3 is 27.0 Å². The Bertz CT molecular complexity index is 399. The molecule has 1 fully saturated rings. The Morgan fingerprint density at radius 3 is 1.87 bits per heavy atom. The third kappa shape index (κ3) is 5.67. The van der Waals surface area contributed by atoms with Gasteiger partial charge in [0.1, 0.15) is 0 Å². The highest BCUT2D eigenvalue weighted by Gasteiger charge is 2.50. The van der Waals surface area contributed by atoms with E-state index in [1.807, 2.05) is 60.5 Å². The first kappa shape index (κ1) is 20.8. The van der Waals surface area contributed by atoms with E-state index in [2.05, 4.69) is 0 Å². The van der Waals surface area contributed by atoms with Crippen molar-refractivity contribution in [2.24, 2.45) is 0 Å². The highest BCUT2D eigenvalue weighted by Crippen LogP contribution is 2.36. The number of rotatable bonds is 7. The third-order valence-electron chi connectivity index (χ3n) is 3.85. The fourth-order valence-corrected chi connectivity index (χ4v) is 3.65. The third-order valence-corrected chi connectivity index (χ3v) is 6.23. The highest BCUT2D eigenvalue weighted by molar-refractivity contribution is 6.53. The van der Waals surface area contributed by atoms with Crippen LogP contribution in [0.3, 0.4) is 0 Å². The zero-order valence-corrected chi connectivity index (χ0v) is 16.9. The Balaban J connectivity index is 2.58. The van der Waals surface area contributed by atoms with Gasteiger partial charge in [-0.15, -0.1) is 0 Å². The van der Waals surface area contributed by atoms with Crippen LogP contribution in [0.25, 0.3) is 0 Å². The van der Waals surface area contributed by atoms with Gasteiger partial charge in [-0.3, -0.25) is 0 Å². The molecule has 1 aliphatic heterocycles. The lowest BCUT2D eigenvalue weighted by atomic mass is 9.90. The van der Waals surface area contributed by atoms with Crippen LogP contribution in [0.1, 0.15) is 48.5 Å². The lowest BCUT2D eigenvalue weighted by molar-refractivity contribution is -0.0540. The van der Waals surface area contributed by atoms with E-state index in [0.717, 1.165) is 0 Å². The van der Waals surface area contributed by atoms with E-state index >= 15 is 0 Å². The molecule has 1 saturated heterocycles. The average Bonchev–Trinajstić information content (AvgIpc) is 2.60. The van der Waals surface area contributed by atoms with Crippen molar-refractivity contribution in [3.05, 3.63) is 12.1 Å². The van der Waals surface area contributed by atoms with E-state index in [9.17, 15) is 0 Å². The Morgan fingerprint density at radius 1 is 1.00 bits per heavy atom. The molecule has 0 amide bonds. The van der Waals surface area contributed by atoms with E-state index in [1.165, 1.54) is 14.2 Å². The monoisotopic (exact) mass is 346 g/mol. The van der Waals surface area contributed by atoms with Gasteiger partial charge in [0.2, 0.25) is 0 Å². The molecule has 6 nitrogen and oxygen atoms in total. The van der Waals surface area contributed by atoms with E-state index in [4.69, 9.17) is 27.0 Å². The van der Waals surface area contributed by atoms with Crippen LogP contribution in [0.5, 0.6) is 0 Å². The van der Waals surface area contributed by atoms with Crippen LogP contribution >= 0.6 is 0 Å². The summed E-state index contributed by atoms with van der Waals surface area (Å²) in [5.41, 5.74) is -1.13. The molecular formula is C15H31BO6Si. The van der Waals surface area contributed by atoms with Gasteiger partial charge in [0.15, 0.2) is 0 Å². The summed E-state index contributed by atoms with van der Waals surface area (Å²) in [6.45, 7) is 14.1. The molecule has 0 N–H and O–H groups in total. The van der Waals surface area contributed by atoms with Crippen LogP contribution in [0, 0.1) is 0 Å². The van der Waals surface area contributed by atoms with Gasteiger partial charge in [0, 0.05) is 14.2 Å². The Labute approximate surface area is 142 Å². The fourth-order valence-electron chi connectivity index (χ4n) is 1.97. The van der Waals surface area contributed by atoms with Crippen molar-refractivity contribution in [2.75, 3.05) is 20.8 Å². The summed E-state index contributed by atoms with van der Waals surface area (Å²) in [6.07, 6.45) is 1.83. The molecule has 1 heterocycles. The first-order valence-corrected chi connectivity index (χ1v) is 9.46. The summed E-state index contributed by atoms with van der Waals surface area (Å²) >= 11 is 0. The van der Waals surface area contributed by atoms with Crippen LogP contribution in [0.4, 0.5) is 0 Å². The van der Waals surface area contributed by atoms with Crippen LogP contribution in [0.15, 0.2) is 12.1 Å². The van der Waals surface area contributed by atoms with Gasteiger partial charge in [0.25, 0.3) is 0 Å². The molecule has 0 saturated carbocycles. The van der Waals surface area contributed by atoms with Gasteiger partial charge >= 0.3 is 16.2 Å². The van der Waals surface area contributed by atoms with Crippen molar-refractivity contribution in [3.8, 4) is 0 Å². The minimum Gasteiger partial charge on any atom is -0.400 e. The first-order chi connectivity index (χ1) is 10.4. The largest absolute Gasteiger partial charge is 0.679 e. The molecule has 0 radical (unpaired) electrons. The topological polar surface area (TPSA) is 55.4 Å². The van der Waals surface area contributed by atoms with Crippen molar-refractivity contribution in [3.63, 3.8) is 0 Å². The number of hydrogen-bond donors (Lipinski definition) is 0. The molecule has 1 aliphatic rings. The molecule has 0 spiro atoms. The second kappa shape index (κ2) is 7.35. The van der Waals surface area contributed by atoms with E-state index in [-0.39, 0.29) is 17.8 Å². The van der Waals surface area contributed by atoms with Gasteiger partial charge in [0.05, 0.1) is 23.4 Å². The lowest BCUT2D eigenvalue weighted by Gasteiger charge is -2.32. The predicted molar refractivity (Wildman–Crippen MR) is 91.8 cm³/mol. The van der Waals surface area contributed by atoms with E-state index < -0.39 is 21.8 Å². The van der Waals surface area contributed by atoms with Gasteiger partial charge in [-0.05, 0) is 48.5 Å². The second-order valence-corrected chi connectivity index (χ2v) is 9.80. The molecule has 0 aromatic heterocycles. The molecule has 0 unspecified atom stereocenters. The van der Waals surface area contributed by atoms with Gasteiger partial charge in [-0.1, -0.05) is 12.1 Å². The Morgan fingerprint density at radius 2 is 1.48 bits per heavy atom. The van der Waals surface area contributed by atoms with Crippen molar-refractivity contribution in [2.45, 2.75) is 65.3 Å². The summed E-state index contributed by atoms with van der Waals surface area (Å²) in [4.78, 5) is 0. The molecule has 134 valence electrons. The second-order valence-electron chi connectivity index (χ2n) is 7.49. The van der Waals surface area contributed by atoms with Crippen LogP contribution in [-0.2, 0) is 27.0 Å². The van der Waals surface area contributed by atoms with Crippen molar-refractivity contribution >= 4 is 16.2 Å². The lowest BCUT2D eigenvalue weighted by Crippen LogP contribution is -2.52. The maximum atomic E-state index is 5.88. The standard InChI is InChI=1S/C15H31BO6Si/c1-13(2,3)22-23(17-8,18-9)19-12-10-11-16-20-14(4,5)15(6,7)21-16/h10-11H,12H2,1-9H3. The van der Waals surface area contributed by atoms with Crippen LogP contribution < -0.4 is 0 Å². The Hall–Kier alpha value is -0.218. The summed E-state index contributed by atoms with van der Waals surface area (Å²) in [6, 6.07) is 0. The summed E-state index contributed by atoms with van der Waals surface area (Å²) < 4.78 is 34.1. The smallest absolute Gasteiger partial charge is 0.400 e. The summed E-state index contributed by atoms with van der Waals surface area (Å²) in [5.74, 6) is 1.83. The molecule has 23 heavy (non-hydrogen) atoms. The van der Waals surface area contributed by atoms with Crippen molar-refractivity contribution in [1.82, 2.24) is 0 Å². The zero-order valence-electron chi connectivity index (χ0n) is 15.9. The van der Waals surface area contributed by atoms with Crippen molar-refractivity contribution in [1.29, 1.82) is 0 Å². The number of hydrogen-bond acceptors (Lipinski definition) is 6. The zero-order chi connectivity index (χ0) is 17.9. The maximum Gasteiger partial charge on any atom is 0.679 e. The summed E-state index contributed by atoms with van der Waals surface area (Å²) in [7, 11) is -0.486. The first-order valence-electron chi connectivity index (χ1n) is 7.83.